The number of aliphatic carboxylic acids is 1. The van der Waals surface area contributed by atoms with E-state index in [1.54, 1.807) is 13.8 Å². The molecule has 0 aliphatic heterocycles. The Hall–Kier alpha value is -2.20. The number of carbonyl (C=O) groups is 4. The van der Waals surface area contributed by atoms with Crippen LogP contribution in [0.15, 0.2) is 0 Å². The summed E-state index contributed by atoms with van der Waals surface area (Å²) in [5, 5.41) is 25.9. The second-order valence-electron chi connectivity index (χ2n) is 7.12. The average molecular weight is 402 g/mol. The summed E-state index contributed by atoms with van der Waals surface area (Å²) in [5.41, 5.74) is 5.48. The third-order valence-corrected chi connectivity index (χ3v) is 4.83. The lowest BCUT2D eigenvalue weighted by molar-refractivity contribution is -0.144. The minimum Gasteiger partial charge on any atom is -0.480 e. The van der Waals surface area contributed by atoms with Crippen molar-refractivity contribution in [3.63, 3.8) is 0 Å². The summed E-state index contributed by atoms with van der Waals surface area (Å²) in [6.45, 7) is 8.06. The van der Waals surface area contributed by atoms with Crippen LogP contribution in [0.4, 0.5) is 0 Å². The van der Waals surface area contributed by atoms with Crippen LogP contribution in [0.2, 0.25) is 0 Å². The fourth-order valence-corrected chi connectivity index (χ4v) is 2.36. The van der Waals surface area contributed by atoms with Crippen molar-refractivity contribution in [1.29, 1.82) is 0 Å². The van der Waals surface area contributed by atoms with Crippen LogP contribution in [0.5, 0.6) is 0 Å². The highest BCUT2D eigenvalue weighted by atomic mass is 16.4. The smallest absolute Gasteiger partial charge is 0.326 e. The Morgan fingerprint density at radius 1 is 0.893 bits per heavy atom. The fraction of sp³-hybridized carbons (Fsp3) is 0.778. The minimum absolute atomic E-state index is 0.259. The number of hydrogen-bond donors (Lipinski definition) is 6. The monoisotopic (exact) mass is 402 g/mol. The van der Waals surface area contributed by atoms with Crippen LogP contribution >= 0.6 is 0 Å². The molecule has 3 amide bonds. The Balaban J connectivity index is 5.03. The van der Waals surface area contributed by atoms with E-state index in [0.717, 1.165) is 0 Å². The van der Waals surface area contributed by atoms with Crippen molar-refractivity contribution in [2.75, 3.05) is 6.54 Å². The third kappa shape index (κ3) is 8.22. The molecule has 0 aromatic heterocycles. The molecule has 0 bridgehead atoms. The van der Waals surface area contributed by atoms with Gasteiger partial charge in [0.05, 0.1) is 12.6 Å². The first kappa shape index (κ1) is 25.8. The first-order valence-corrected chi connectivity index (χ1v) is 9.49. The molecular weight excluding hydrogens is 368 g/mol. The third-order valence-electron chi connectivity index (χ3n) is 4.83. The van der Waals surface area contributed by atoms with Crippen LogP contribution in [0.1, 0.15) is 47.5 Å². The van der Waals surface area contributed by atoms with Crippen molar-refractivity contribution in [3.05, 3.63) is 0 Å². The van der Waals surface area contributed by atoms with Gasteiger partial charge < -0.3 is 31.9 Å². The molecule has 10 heteroatoms. The van der Waals surface area contributed by atoms with Gasteiger partial charge in [-0.15, -0.1) is 0 Å². The van der Waals surface area contributed by atoms with Gasteiger partial charge in [0.25, 0.3) is 0 Å². The molecule has 0 rings (SSSR count). The van der Waals surface area contributed by atoms with E-state index >= 15 is 0 Å². The predicted octanol–water partition coefficient (Wildman–Crippen LogP) is -1.04. The summed E-state index contributed by atoms with van der Waals surface area (Å²) in [6, 6.07) is -3.19. The van der Waals surface area contributed by atoms with Crippen molar-refractivity contribution < 1.29 is 29.4 Å². The average Bonchev–Trinajstić information content (AvgIpc) is 2.65. The molecule has 6 atom stereocenters. The Morgan fingerprint density at radius 2 is 1.39 bits per heavy atom. The highest BCUT2D eigenvalue weighted by Crippen LogP contribution is 2.12. The number of carboxylic acids is 1. The van der Waals surface area contributed by atoms with Crippen molar-refractivity contribution >= 4 is 23.7 Å². The number of aliphatic hydroxyl groups excluding tert-OH is 1. The molecule has 0 spiro atoms. The van der Waals surface area contributed by atoms with Gasteiger partial charge in [0.1, 0.15) is 18.1 Å². The predicted molar refractivity (Wildman–Crippen MR) is 103 cm³/mol. The summed E-state index contributed by atoms with van der Waals surface area (Å²) in [7, 11) is 0. The van der Waals surface area contributed by atoms with Gasteiger partial charge in [-0.3, -0.25) is 14.4 Å². The Labute approximate surface area is 165 Å². The molecule has 0 fully saturated rings. The van der Waals surface area contributed by atoms with Gasteiger partial charge >= 0.3 is 5.97 Å². The van der Waals surface area contributed by atoms with Crippen LogP contribution < -0.4 is 21.7 Å². The van der Waals surface area contributed by atoms with Gasteiger partial charge in [0, 0.05) is 0 Å². The molecule has 0 radical (unpaired) electrons. The summed E-state index contributed by atoms with van der Waals surface area (Å²) in [6.07, 6.45) is 0.0569. The molecule has 28 heavy (non-hydrogen) atoms. The van der Waals surface area contributed by atoms with Crippen molar-refractivity contribution in [2.24, 2.45) is 17.6 Å². The molecule has 0 aromatic rings. The summed E-state index contributed by atoms with van der Waals surface area (Å²) >= 11 is 0. The van der Waals surface area contributed by atoms with Gasteiger partial charge in [0.15, 0.2) is 0 Å². The van der Waals surface area contributed by atoms with Gasteiger partial charge in [-0.1, -0.05) is 40.5 Å². The Kier molecular flexibility index (Phi) is 11.3. The van der Waals surface area contributed by atoms with Crippen molar-refractivity contribution in [2.45, 2.75) is 71.7 Å². The van der Waals surface area contributed by atoms with E-state index in [-0.39, 0.29) is 11.8 Å². The topological polar surface area (TPSA) is 171 Å². The Morgan fingerprint density at radius 3 is 1.82 bits per heavy atom. The zero-order valence-corrected chi connectivity index (χ0v) is 17.2. The molecule has 0 heterocycles. The molecule has 0 saturated carbocycles. The zero-order valence-electron chi connectivity index (χ0n) is 17.2. The number of carboxylic acid groups (broad SMARTS) is 1. The quantitative estimate of drug-likeness (QED) is 0.242. The summed E-state index contributed by atoms with van der Waals surface area (Å²) in [4.78, 5) is 47.9. The van der Waals surface area contributed by atoms with Gasteiger partial charge in [-0.05, 0) is 18.8 Å². The number of aliphatic hydroxyl groups is 1. The molecule has 0 saturated heterocycles. The van der Waals surface area contributed by atoms with E-state index in [0.29, 0.717) is 12.8 Å². The maximum atomic E-state index is 12.6. The van der Waals surface area contributed by atoms with Crippen molar-refractivity contribution in [3.8, 4) is 0 Å². The second kappa shape index (κ2) is 12.3. The maximum Gasteiger partial charge on any atom is 0.326 e. The zero-order chi connectivity index (χ0) is 22.0. The summed E-state index contributed by atoms with van der Waals surface area (Å²) in [5.74, 6) is -3.60. The van der Waals surface area contributed by atoms with Crippen molar-refractivity contribution in [1.82, 2.24) is 16.0 Å². The molecule has 0 aliphatic carbocycles. The largest absolute Gasteiger partial charge is 0.480 e. The van der Waals surface area contributed by atoms with E-state index in [4.69, 9.17) is 5.73 Å². The number of hydrogen-bond acceptors (Lipinski definition) is 6. The van der Waals surface area contributed by atoms with Gasteiger partial charge in [-0.25, -0.2) is 4.79 Å². The minimum atomic E-state index is -1.17. The Bertz CT molecular complexity index is 554. The van der Waals surface area contributed by atoms with E-state index in [2.05, 4.69) is 16.0 Å². The fourth-order valence-electron chi connectivity index (χ4n) is 2.36. The maximum absolute atomic E-state index is 12.6. The van der Waals surface area contributed by atoms with Crippen LogP contribution in [-0.4, -0.2) is 64.7 Å². The molecular formula is C18H34N4O6. The van der Waals surface area contributed by atoms with Gasteiger partial charge in [0.2, 0.25) is 17.7 Å². The van der Waals surface area contributed by atoms with E-state index in [1.165, 1.54) is 6.92 Å². The molecule has 162 valence electrons. The second-order valence-corrected chi connectivity index (χ2v) is 7.12. The highest BCUT2D eigenvalue weighted by Gasteiger charge is 2.32. The lowest BCUT2D eigenvalue weighted by Gasteiger charge is -2.27. The summed E-state index contributed by atoms with van der Waals surface area (Å²) < 4.78 is 0. The lowest BCUT2D eigenvalue weighted by atomic mass is 9.95. The molecule has 0 aliphatic rings. The standard InChI is InChI=1S/C18H34N4O6/c1-6-9(3)14(17(26)22-15(18(27)28)10(4)7-2)21-12(24)8-20-16(25)13(19)11(5)23/h9-11,13-15,23H,6-8,19H2,1-5H3,(H,20,25)(H,21,24)(H,22,26)(H,27,28). The van der Waals surface area contributed by atoms with E-state index in [9.17, 15) is 29.4 Å². The van der Waals surface area contributed by atoms with Crippen LogP contribution in [0.25, 0.3) is 0 Å². The number of rotatable bonds is 12. The normalized spacial score (nSPS) is 17.4. The van der Waals surface area contributed by atoms with Crippen LogP contribution in [0, 0.1) is 11.8 Å². The number of nitrogens with one attached hydrogen (secondary N) is 3. The van der Waals surface area contributed by atoms with E-state index < -0.39 is 54.5 Å². The molecule has 0 aromatic carbocycles. The van der Waals surface area contributed by atoms with Gasteiger partial charge in [-0.2, -0.15) is 0 Å². The number of nitrogens with two attached hydrogens (primary N) is 1. The molecule has 7 N–H and O–H groups in total. The number of carbonyl (C=O) groups excluding carboxylic acids is 3. The highest BCUT2D eigenvalue weighted by molar-refractivity contribution is 5.92. The van der Waals surface area contributed by atoms with E-state index in [1.807, 2.05) is 13.8 Å². The SMILES string of the molecule is CCC(C)C(NC(=O)C(NC(=O)CNC(=O)C(N)C(C)O)C(C)CC)C(=O)O. The van der Waals surface area contributed by atoms with Crippen LogP contribution in [0.3, 0.4) is 0 Å². The first-order chi connectivity index (χ1) is 13.0. The first-order valence-electron chi connectivity index (χ1n) is 9.49. The lowest BCUT2D eigenvalue weighted by Crippen LogP contribution is -2.57. The molecule has 6 unspecified atom stereocenters. The van der Waals surface area contributed by atoms with Crippen LogP contribution in [-0.2, 0) is 19.2 Å². The molecule has 10 nitrogen and oxygen atoms in total. The number of amides is 3.